The summed E-state index contributed by atoms with van der Waals surface area (Å²) in [5, 5.41) is 1.10. The quantitative estimate of drug-likeness (QED) is 0.619. The van der Waals surface area contributed by atoms with Crippen LogP contribution in [0.3, 0.4) is 0 Å². The zero-order valence-electron chi connectivity index (χ0n) is 13.7. The maximum absolute atomic E-state index is 12.5. The molecular weight excluding hydrogens is 300 g/mol. The summed E-state index contributed by atoms with van der Waals surface area (Å²) in [6.07, 6.45) is 1.22. The van der Waals surface area contributed by atoms with E-state index in [1.807, 2.05) is 50.2 Å². The van der Waals surface area contributed by atoms with Crippen molar-refractivity contribution in [1.29, 1.82) is 0 Å². The lowest BCUT2D eigenvalue weighted by atomic mass is 9.99. The molecule has 2 aromatic carbocycles. The van der Waals surface area contributed by atoms with Gasteiger partial charge in [0.2, 0.25) is 0 Å². The topological polar surface area (TPSA) is 58.9 Å². The maximum atomic E-state index is 12.5. The molecule has 0 aliphatic rings. The van der Waals surface area contributed by atoms with Crippen molar-refractivity contribution in [3.8, 4) is 0 Å². The van der Waals surface area contributed by atoms with Gasteiger partial charge in [-0.05, 0) is 43.5 Å². The Balaban J connectivity index is 1.70. The van der Waals surface area contributed by atoms with E-state index < -0.39 is 0 Å². The summed E-state index contributed by atoms with van der Waals surface area (Å²) in [6.45, 7) is 4.02. The Morgan fingerprint density at radius 3 is 2.71 bits per heavy atom. The molecule has 4 heteroatoms. The standard InChI is InChI=1S/C20H18N2O2/c1-12-6-5-7-14-13(2)15(20(23)22-19(12)14)10-11-18-21-16-8-3-4-9-17(16)24-18/h3-9H,10-11H2,1-2H3,(H,22,23). The molecule has 2 aromatic heterocycles. The number of hydrogen-bond acceptors (Lipinski definition) is 3. The summed E-state index contributed by atoms with van der Waals surface area (Å²) in [4.78, 5) is 20.0. The highest BCUT2D eigenvalue weighted by Crippen LogP contribution is 2.22. The predicted octanol–water partition coefficient (Wildman–Crippen LogP) is 4.07. The molecule has 0 amide bonds. The smallest absolute Gasteiger partial charge is 0.251 e. The largest absolute Gasteiger partial charge is 0.441 e. The van der Waals surface area contributed by atoms with Gasteiger partial charge < -0.3 is 9.40 Å². The minimum atomic E-state index is -0.0228. The Labute approximate surface area is 139 Å². The fourth-order valence-electron chi connectivity index (χ4n) is 3.23. The summed E-state index contributed by atoms with van der Waals surface area (Å²) >= 11 is 0. The van der Waals surface area contributed by atoms with Gasteiger partial charge in [0, 0.05) is 17.4 Å². The van der Waals surface area contributed by atoms with Gasteiger partial charge in [0.1, 0.15) is 5.52 Å². The van der Waals surface area contributed by atoms with E-state index in [-0.39, 0.29) is 5.56 Å². The second-order valence-electron chi connectivity index (χ2n) is 6.13. The van der Waals surface area contributed by atoms with Crippen molar-refractivity contribution >= 4 is 22.0 Å². The van der Waals surface area contributed by atoms with Crippen LogP contribution in [0.25, 0.3) is 22.0 Å². The van der Waals surface area contributed by atoms with Crippen LogP contribution < -0.4 is 5.56 Å². The number of H-pyrrole nitrogens is 1. The average molecular weight is 318 g/mol. The second kappa shape index (κ2) is 5.64. The molecule has 4 rings (SSSR count). The van der Waals surface area contributed by atoms with E-state index in [9.17, 15) is 4.79 Å². The van der Waals surface area contributed by atoms with Crippen LogP contribution >= 0.6 is 0 Å². The Kier molecular flexibility index (Phi) is 3.45. The monoisotopic (exact) mass is 318 g/mol. The molecule has 0 saturated heterocycles. The summed E-state index contributed by atoms with van der Waals surface area (Å²) in [5.41, 5.74) is 5.46. The van der Waals surface area contributed by atoms with Crippen LogP contribution in [-0.4, -0.2) is 9.97 Å². The molecule has 0 atom stereocenters. The third-order valence-corrected chi connectivity index (χ3v) is 4.57. The lowest BCUT2D eigenvalue weighted by Gasteiger charge is -2.09. The molecule has 24 heavy (non-hydrogen) atoms. The van der Waals surface area contributed by atoms with Crippen LogP contribution in [0.5, 0.6) is 0 Å². The third kappa shape index (κ3) is 2.40. The molecular formula is C20H18N2O2. The Morgan fingerprint density at radius 1 is 1.04 bits per heavy atom. The van der Waals surface area contributed by atoms with E-state index in [2.05, 4.69) is 16.0 Å². The fourth-order valence-corrected chi connectivity index (χ4v) is 3.23. The highest BCUT2D eigenvalue weighted by molar-refractivity contribution is 5.85. The Hall–Kier alpha value is -2.88. The number of rotatable bonds is 3. The zero-order chi connectivity index (χ0) is 16.7. The van der Waals surface area contributed by atoms with Crippen molar-refractivity contribution in [3.05, 3.63) is 75.4 Å². The van der Waals surface area contributed by atoms with E-state index in [1.54, 1.807) is 0 Å². The highest BCUT2D eigenvalue weighted by Gasteiger charge is 2.12. The number of pyridine rings is 1. The van der Waals surface area contributed by atoms with Crippen LogP contribution in [0, 0.1) is 13.8 Å². The highest BCUT2D eigenvalue weighted by atomic mass is 16.3. The number of aryl methyl sites for hydroxylation is 3. The van der Waals surface area contributed by atoms with Crippen molar-refractivity contribution in [2.24, 2.45) is 0 Å². The van der Waals surface area contributed by atoms with Gasteiger partial charge in [0.15, 0.2) is 11.5 Å². The number of fused-ring (bicyclic) bond motifs is 2. The van der Waals surface area contributed by atoms with Gasteiger partial charge in [0.25, 0.3) is 5.56 Å². The van der Waals surface area contributed by atoms with Crippen molar-refractivity contribution in [3.63, 3.8) is 0 Å². The lowest BCUT2D eigenvalue weighted by Crippen LogP contribution is -2.16. The number of benzene rings is 2. The molecule has 0 bridgehead atoms. The number of para-hydroxylation sites is 3. The molecule has 4 nitrogen and oxygen atoms in total. The predicted molar refractivity (Wildman–Crippen MR) is 95.5 cm³/mol. The van der Waals surface area contributed by atoms with Crippen LogP contribution in [0.4, 0.5) is 0 Å². The van der Waals surface area contributed by atoms with Crippen molar-refractivity contribution in [2.45, 2.75) is 26.7 Å². The molecule has 0 radical (unpaired) electrons. The van der Waals surface area contributed by atoms with Gasteiger partial charge >= 0.3 is 0 Å². The van der Waals surface area contributed by atoms with Gasteiger partial charge in [0.05, 0.1) is 5.52 Å². The van der Waals surface area contributed by atoms with E-state index in [0.29, 0.717) is 18.7 Å². The summed E-state index contributed by atoms with van der Waals surface area (Å²) < 4.78 is 5.75. The van der Waals surface area contributed by atoms with E-state index >= 15 is 0 Å². The Bertz CT molecular complexity index is 1070. The van der Waals surface area contributed by atoms with Crippen LogP contribution in [0.15, 0.2) is 51.7 Å². The SMILES string of the molecule is Cc1c(CCc2nc3ccccc3o2)c(=O)[nH]c2c(C)cccc12. The minimum Gasteiger partial charge on any atom is -0.441 e. The van der Waals surface area contributed by atoms with Crippen LogP contribution in [0.2, 0.25) is 0 Å². The molecule has 0 unspecified atom stereocenters. The molecule has 0 fully saturated rings. The molecule has 120 valence electrons. The number of hydrogen-bond donors (Lipinski definition) is 1. The summed E-state index contributed by atoms with van der Waals surface area (Å²) in [7, 11) is 0. The molecule has 4 aromatic rings. The van der Waals surface area contributed by atoms with E-state index in [1.165, 1.54) is 0 Å². The number of nitrogens with one attached hydrogen (secondary N) is 1. The maximum Gasteiger partial charge on any atom is 0.251 e. The molecule has 1 N–H and O–H groups in total. The van der Waals surface area contributed by atoms with Gasteiger partial charge in [-0.3, -0.25) is 4.79 Å². The van der Waals surface area contributed by atoms with Crippen LogP contribution in [0.1, 0.15) is 22.6 Å². The zero-order valence-corrected chi connectivity index (χ0v) is 13.7. The van der Waals surface area contributed by atoms with Crippen molar-refractivity contribution in [1.82, 2.24) is 9.97 Å². The number of oxazole rings is 1. The molecule has 0 spiro atoms. The fraction of sp³-hybridized carbons (Fsp3) is 0.200. The van der Waals surface area contributed by atoms with Gasteiger partial charge in [-0.2, -0.15) is 0 Å². The van der Waals surface area contributed by atoms with Crippen molar-refractivity contribution in [2.75, 3.05) is 0 Å². The summed E-state index contributed by atoms with van der Waals surface area (Å²) in [5.74, 6) is 0.666. The molecule has 2 heterocycles. The van der Waals surface area contributed by atoms with E-state index in [4.69, 9.17) is 4.42 Å². The average Bonchev–Trinajstić information content (AvgIpc) is 2.98. The normalized spacial score (nSPS) is 11.4. The Morgan fingerprint density at radius 2 is 1.88 bits per heavy atom. The third-order valence-electron chi connectivity index (χ3n) is 4.57. The second-order valence-corrected chi connectivity index (χ2v) is 6.13. The minimum absolute atomic E-state index is 0.0228. The summed E-state index contributed by atoms with van der Waals surface area (Å²) in [6, 6.07) is 13.8. The molecule has 0 aliphatic carbocycles. The number of nitrogens with zero attached hydrogens (tertiary/aromatic N) is 1. The first-order chi connectivity index (χ1) is 11.6. The number of aromatic amines is 1. The lowest BCUT2D eigenvalue weighted by molar-refractivity contribution is 0.527. The van der Waals surface area contributed by atoms with Crippen LogP contribution in [-0.2, 0) is 12.8 Å². The first kappa shape index (κ1) is 14.7. The van der Waals surface area contributed by atoms with Gasteiger partial charge in [-0.1, -0.05) is 30.3 Å². The number of aromatic nitrogens is 2. The van der Waals surface area contributed by atoms with E-state index in [0.717, 1.165) is 38.7 Å². The van der Waals surface area contributed by atoms with Crippen molar-refractivity contribution < 1.29 is 4.42 Å². The van der Waals surface area contributed by atoms with Gasteiger partial charge in [-0.15, -0.1) is 0 Å². The first-order valence-corrected chi connectivity index (χ1v) is 8.09. The first-order valence-electron chi connectivity index (χ1n) is 8.09. The van der Waals surface area contributed by atoms with Gasteiger partial charge in [-0.25, -0.2) is 4.98 Å². The molecule has 0 saturated carbocycles. The molecule has 0 aliphatic heterocycles.